The van der Waals surface area contributed by atoms with E-state index in [-0.39, 0.29) is 0 Å². The highest BCUT2D eigenvalue weighted by Crippen LogP contribution is 2.11. The fraction of sp³-hybridized carbons (Fsp3) is 0.583. The molecule has 0 aliphatic heterocycles. The van der Waals surface area contributed by atoms with E-state index >= 15 is 0 Å². The molecule has 102 valence electrons. The summed E-state index contributed by atoms with van der Waals surface area (Å²) < 4.78 is 1.78. The molecule has 18 heavy (non-hydrogen) atoms. The van der Waals surface area contributed by atoms with E-state index in [2.05, 4.69) is 11.0 Å². The van der Waals surface area contributed by atoms with Crippen molar-refractivity contribution in [3.8, 4) is 12.3 Å². The van der Waals surface area contributed by atoms with E-state index < -0.39 is 5.66 Å². The predicted molar refractivity (Wildman–Crippen MR) is 77.4 cm³/mol. The fourth-order valence-corrected chi connectivity index (χ4v) is 1.57. The molecule has 5 nitrogen and oxygen atoms in total. The molecule has 0 atom stereocenters. The standard InChI is InChI=1S/C10H17N5S.C2H6/c1-2-3-5-10(11,12)6-8-15-7-4-9(14-15)16-13;1-2/h1,4,7H,3,5-6,8,11-13H2;1-2H3. The SMILES string of the molecule is C#CCCC(N)(N)CCn1ccc(SN)n1.CC. The highest BCUT2D eigenvalue weighted by atomic mass is 32.2. The number of terminal acetylenes is 1. The van der Waals surface area contributed by atoms with E-state index in [0.717, 1.165) is 17.0 Å². The Morgan fingerprint density at radius 1 is 1.44 bits per heavy atom. The second-order valence-electron chi connectivity index (χ2n) is 3.72. The Hall–Kier alpha value is -1.00. The molecule has 0 aliphatic rings. The van der Waals surface area contributed by atoms with Crippen LogP contribution in [-0.2, 0) is 6.54 Å². The van der Waals surface area contributed by atoms with Gasteiger partial charge in [-0.15, -0.1) is 12.3 Å². The van der Waals surface area contributed by atoms with Gasteiger partial charge in [-0.1, -0.05) is 13.8 Å². The van der Waals surface area contributed by atoms with Gasteiger partial charge in [-0.25, -0.2) is 0 Å². The maximum atomic E-state index is 5.90. The third-order valence-corrected chi connectivity index (χ3v) is 2.74. The van der Waals surface area contributed by atoms with Crippen molar-refractivity contribution in [3.05, 3.63) is 12.3 Å². The molecular formula is C12H23N5S. The Kier molecular flexibility index (Phi) is 8.50. The molecular weight excluding hydrogens is 246 g/mol. The molecule has 1 aromatic heterocycles. The zero-order valence-corrected chi connectivity index (χ0v) is 11.9. The lowest BCUT2D eigenvalue weighted by molar-refractivity contribution is 0.350. The lowest BCUT2D eigenvalue weighted by Crippen LogP contribution is -2.49. The van der Waals surface area contributed by atoms with Crippen LogP contribution in [0.3, 0.4) is 0 Å². The van der Waals surface area contributed by atoms with Crippen LogP contribution in [0.15, 0.2) is 17.3 Å². The summed E-state index contributed by atoms with van der Waals surface area (Å²) in [6, 6.07) is 1.85. The molecule has 0 amide bonds. The minimum absolute atomic E-state index is 0.593. The minimum atomic E-state index is -0.728. The normalized spacial score (nSPS) is 10.4. The van der Waals surface area contributed by atoms with Crippen molar-refractivity contribution in [3.63, 3.8) is 0 Å². The monoisotopic (exact) mass is 269 g/mol. The van der Waals surface area contributed by atoms with E-state index in [1.807, 2.05) is 26.1 Å². The summed E-state index contributed by atoms with van der Waals surface area (Å²) in [5, 5.41) is 10.4. The first kappa shape index (κ1) is 17.0. The molecule has 0 aromatic carbocycles. The fourth-order valence-electron chi connectivity index (χ4n) is 1.28. The van der Waals surface area contributed by atoms with Gasteiger partial charge < -0.3 is 11.5 Å². The van der Waals surface area contributed by atoms with Crippen LogP contribution >= 0.6 is 11.9 Å². The lowest BCUT2D eigenvalue weighted by Gasteiger charge is -2.23. The van der Waals surface area contributed by atoms with E-state index in [1.54, 1.807) is 4.68 Å². The van der Waals surface area contributed by atoms with Crippen molar-refractivity contribution >= 4 is 11.9 Å². The van der Waals surface area contributed by atoms with Crippen molar-refractivity contribution in [1.29, 1.82) is 0 Å². The van der Waals surface area contributed by atoms with Crippen molar-refractivity contribution in [2.75, 3.05) is 0 Å². The summed E-state index contributed by atoms with van der Waals surface area (Å²) in [6.45, 7) is 4.66. The second kappa shape index (κ2) is 9.00. The van der Waals surface area contributed by atoms with E-state index in [0.29, 0.717) is 25.8 Å². The van der Waals surface area contributed by atoms with Crippen LogP contribution in [0.25, 0.3) is 0 Å². The average Bonchev–Trinajstić information content (AvgIpc) is 2.85. The maximum absolute atomic E-state index is 5.90. The van der Waals surface area contributed by atoms with Crippen LogP contribution in [0, 0.1) is 12.3 Å². The van der Waals surface area contributed by atoms with E-state index in [9.17, 15) is 0 Å². The Morgan fingerprint density at radius 3 is 2.61 bits per heavy atom. The smallest absolute Gasteiger partial charge is 0.133 e. The third-order valence-electron chi connectivity index (χ3n) is 2.28. The van der Waals surface area contributed by atoms with Gasteiger partial charge in [0.25, 0.3) is 0 Å². The molecule has 0 saturated heterocycles. The Morgan fingerprint density at radius 2 is 2.11 bits per heavy atom. The first-order valence-electron chi connectivity index (χ1n) is 5.99. The molecule has 0 fully saturated rings. The summed E-state index contributed by atoms with van der Waals surface area (Å²) in [4.78, 5) is 0. The van der Waals surface area contributed by atoms with Gasteiger partial charge in [0, 0.05) is 19.2 Å². The van der Waals surface area contributed by atoms with Gasteiger partial charge in [-0.05, 0) is 30.9 Å². The van der Waals surface area contributed by atoms with Crippen LogP contribution in [0.1, 0.15) is 33.1 Å². The Bertz CT molecular complexity index is 367. The molecule has 0 aliphatic carbocycles. The summed E-state index contributed by atoms with van der Waals surface area (Å²) >= 11 is 1.12. The first-order valence-corrected chi connectivity index (χ1v) is 6.87. The Balaban J connectivity index is 0.00000137. The quantitative estimate of drug-likeness (QED) is 0.411. The summed E-state index contributed by atoms with van der Waals surface area (Å²) in [5.74, 6) is 2.53. The Labute approximate surface area is 114 Å². The topological polar surface area (TPSA) is 95.9 Å². The molecule has 1 aromatic rings. The molecule has 0 radical (unpaired) electrons. The molecule has 6 N–H and O–H groups in total. The molecule has 0 bridgehead atoms. The number of aryl methyl sites for hydroxylation is 1. The van der Waals surface area contributed by atoms with Crippen LogP contribution in [-0.4, -0.2) is 15.4 Å². The molecule has 0 spiro atoms. The zero-order chi connectivity index (χ0) is 14.0. The van der Waals surface area contributed by atoms with Gasteiger partial charge in [0.2, 0.25) is 0 Å². The second-order valence-corrected chi connectivity index (χ2v) is 4.38. The third kappa shape index (κ3) is 6.67. The highest BCUT2D eigenvalue weighted by Gasteiger charge is 2.18. The summed E-state index contributed by atoms with van der Waals surface area (Å²) in [6.07, 6.45) is 8.86. The highest BCUT2D eigenvalue weighted by molar-refractivity contribution is 7.97. The molecule has 0 unspecified atom stereocenters. The van der Waals surface area contributed by atoms with Gasteiger partial charge in [-0.2, -0.15) is 5.10 Å². The number of aromatic nitrogens is 2. The van der Waals surface area contributed by atoms with E-state index in [4.69, 9.17) is 23.0 Å². The number of rotatable bonds is 6. The van der Waals surface area contributed by atoms with Crippen LogP contribution in [0.5, 0.6) is 0 Å². The van der Waals surface area contributed by atoms with Crippen molar-refractivity contribution in [1.82, 2.24) is 9.78 Å². The van der Waals surface area contributed by atoms with Gasteiger partial charge in [0.15, 0.2) is 0 Å². The summed E-state index contributed by atoms with van der Waals surface area (Å²) in [5.41, 5.74) is 11.1. The van der Waals surface area contributed by atoms with Gasteiger partial charge in [0.1, 0.15) is 5.03 Å². The van der Waals surface area contributed by atoms with Crippen LogP contribution in [0.2, 0.25) is 0 Å². The lowest BCUT2D eigenvalue weighted by atomic mass is 10.0. The first-order chi connectivity index (χ1) is 8.57. The maximum Gasteiger partial charge on any atom is 0.133 e. The van der Waals surface area contributed by atoms with Crippen molar-refractivity contribution in [2.24, 2.45) is 16.6 Å². The van der Waals surface area contributed by atoms with Crippen LogP contribution in [0.4, 0.5) is 0 Å². The molecule has 6 heteroatoms. The molecule has 0 saturated carbocycles. The van der Waals surface area contributed by atoms with Crippen molar-refractivity contribution in [2.45, 2.75) is 50.3 Å². The average molecular weight is 269 g/mol. The van der Waals surface area contributed by atoms with Gasteiger partial charge >= 0.3 is 0 Å². The molecule has 1 heterocycles. The minimum Gasteiger partial charge on any atom is -0.313 e. The number of hydrogen-bond donors (Lipinski definition) is 3. The summed E-state index contributed by atoms with van der Waals surface area (Å²) in [7, 11) is 0. The molecule has 1 rings (SSSR count). The van der Waals surface area contributed by atoms with Crippen LogP contribution < -0.4 is 16.6 Å². The number of hydrogen-bond acceptors (Lipinski definition) is 5. The van der Waals surface area contributed by atoms with Gasteiger partial charge in [-0.3, -0.25) is 9.82 Å². The van der Waals surface area contributed by atoms with Gasteiger partial charge in [0.05, 0.1) is 5.66 Å². The predicted octanol–water partition coefficient (Wildman–Crippen LogP) is 1.29. The van der Waals surface area contributed by atoms with Crippen molar-refractivity contribution < 1.29 is 0 Å². The number of nitrogens with two attached hydrogens (primary N) is 3. The van der Waals surface area contributed by atoms with E-state index in [1.165, 1.54) is 0 Å². The zero-order valence-electron chi connectivity index (χ0n) is 11.1. The largest absolute Gasteiger partial charge is 0.313 e. The number of nitrogens with zero attached hydrogens (tertiary/aromatic N) is 2.